The number of rotatable bonds is 4. The van der Waals surface area contributed by atoms with Crippen molar-refractivity contribution in [2.75, 3.05) is 25.0 Å². The zero-order valence-corrected chi connectivity index (χ0v) is 9.07. The standard InChI is InChI=1S/C9H12ClN3O2/c1-12(5-4-11)8-3-2-7(10)6-9(8)13(14)15/h2-3,6H,4-5,11H2,1H3. The summed E-state index contributed by atoms with van der Waals surface area (Å²) in [6.07, 6.45) is 0. The average Bonchev–Trinajstić information content (AvgIpc) is 2.17. The van der Waals surface area contributed by atoms with Gasteiger partial charge in [-0.2, -0.15) is 0 Å². The Morgan fingerprint density at radius 3 is 2.80 bits per heavy atom. The third-order valence-electron chi connectivity index (χ3n) is 2.01. The Hall–Kier alpha value is -1.33. The second-order valence-electron chi connectivity index (χ2n) is 3.10. The van der Waals surface area contributed by atoms with Gasteiger partial charge in [-0.1, -0.05) is 11.6 Å². The first-order chi connectivity index (χ1) is 7.06. The van der Waals surface area contributed by atoms with Crippen LogP contribution in [0.4, 0.5) is 11.4 Å². The largest absolute Gasteiger partial charge is 0.368 e. The van der Waals surface area contributed by atoms with Crippen molar-refractivity contribution in [2.24, 2.45) is 5.73 Å². The Balaban J connectivity index is 3.10. The van der Waals surface area contributed by atoms with Gasteiger partial charge < -0.3 is 10.6 Å². The summed E-state index contributed by atoms with van der Waals surface area (Å²) in [5.74, 6) is 0. The first-order valence-corrected chi connectivity index (χ1v) is 4.79. The second-order valence-corrected chi connectivity index (χ2v) is 3.54. The molecule has 82 valence electrons. The van der Waals surface area contributed by atoms with Crippen molar-refractivity contribution in [3.63, 3.8) is 0 Å². The third kappa shape index (κ3) is 2.81. The maximum Gasteiger partial charge on any atom is 0.294 e. The van der Waals surface area contributed by atoms with E-state index in [9.17, 15) is 10.1 Å². The third-order valence-corrected chi connectivity index (χ3v) is 2.25. The van der Waals surface area contributed by atoms with E-state index < -0.39 is 4.92 Å². The normalized spacial score (nSPS) is 10.1. The van der Waals surface area contributed by atoms with Crippen molar-refractivity contribution >= 4 is 23.0 Å². The number of halogens is 1. The van der Waals surface area contributed by atoms with Gasteiger partial charge in [-0.3, -0.25) is 10.1 Å². The number of nitrogens with zero attached hydrogens (tertiary/aromatic N) is 2. The molecule has 0 aliphatic rings. The molecule has 6 heteroatoms. The molecule has 0 saturated carbocycles. The van der Waals surface area contributed by atoms with Crippen LogP contribution in [-0.4, -0.2) is 25.1 Å². The molecular weight excluding hydrogens is 218 g/mol. The fourth-order valence-corrected chi connectivity index (χ4v) is 1.45. The van der Waals surface area contributed by atoms with Gasteiger partial charge in [0.1, 0.15) is 5.69 Å². The molecule has 0 heterocycles. The van der Waals surface area contributed by atoms with E-state index in [0.29, 0.717) is 23.8 Å². The zero-order chi connectivity index (χ0) is 11.4. The van der Waals surface area contributed by atoms with Gasteiger partial charge in [-0.15, -0.1) is 0 Å². The fourth-order valence-electron chi connectivity index (χ4n) is 1.28. The van der Waals surface area contributed by atoms with Crippen molar-refractivity contribution in [1.82, 2.24) is 0 Å². The van der Waals surface area contributed by atoms with Crippen molar-refractivity contribution in [3.05, 3.63) is 33.3 Å². The molecule has 15 heavy (non-hydrogen) atoms. The van der Waals surface area contributed by atoms with Crippen LogP contribution in [0.25, 0.3) is 0 Å². The summed E-state index contributed by atoms with van der Waals surface area (Å²) >= 11 is 5.69. The lowest BCUT2D eigenvalue weighted by Crippen LogP contribution is -2.25. The Morgan fingerprint density at radius 2 is 2.27 bits per heavy atom. The number of hydrogen-bond donors (Lipinski definition) is 1. The van der Waals surface area contributed by atoms with Crippen molar-refractivity contribution in [1.29, 1.82) is 0 Å². The van der Waals surface area contributed by atoms with Crippen LogP contribution in [0.3, 0.4) is 0 Å². The molecule has 0 aliphatic carbocycles. The minimum absolute atomic E-state index is 0.00144. The predicted octanol–water partition coefficient (Wildman–Crippen LogP) is 1.64. The number of benzene rings is 1. The van der Waals surface area contributed by atoms with Crippen molar-refractivity contribution in [3.8, 4) is 0 Å². The highest BCUT2D eigenvalue weighted by Crippen LogP contribution is 2.29. The van der Waals surface area contributed by atoms with Crippen LogP contribution in [-0.2, 0) is 0 Å². The molecule has 0 amide bonds. The highest BCUT2D eigenvalue weighted by Gasteiger charge is 2.16. The Morgan fingerprint density at radius 1 is 1.60 bits per heavy atom. The summed E-state index contributed by atoms with van der Waals surface area (Å²) < 4.78 is 0. The minimum atomic E-state index is -0.450. The number of hydrogen-bond acceptors (Lipinski definition) is 4. The van der Waals surface area contributed by atoms with Gasteiger partial charge in [-0.05, 0) is 12.1 Å². The maximum absolute atomic E-state index is 10.8. The number of likely N-dealkylation sites (N-methyl/N-ethyl adjacent to an activating group) is 1. The molecule has 0 unspecified atom stereocenters. The van der Waals surface area contributed by atoms with Gasteiger partial charge >= 0.3 is 0 Å². The van der Waals surface area contributed by atoms with E-state index in [4.69, 9.17) is 17.3 Å². The molecule has 0 fully saturated rings. The zero-order valence-electron chi connectivity index (χ0n) is 8.31. The number of nitrogens with two attached hydrogens (primary N) is 1. The van der Waals surface area contributed by atoms with Gasteiger partial charge in [0.15, 0.2) is 0 Å². The van der Waals surface area contributed by atoms with Crippen LogP contribution in [0.15, 0.2) is 18.2 Å². The minimum Gasteiger partial charge on any atom is -0.368 e. The van der Waals surface area contributed by atoms with Crippen LogP contribution >= 0.6 is 11.6 Å². The molecule has 0 bridgehead atoms. The molecule has 2 N–H and O–H groups in total. The van der Waals surface area contributed by atoms with Crippen molar-refractivity contribution < 1.29 is 4.92 Å². The van der Waals surface area contributed by atoms with Crippen LogP contribution in [0, 0.1) is 10.1 Å². The predicted molar refractivity (Wildman–Crippen MR) is 60.4 cm³/mol. The summed E-state index contributed by atoms with van der Waals surface area (Å²) in [5, 5.41) is 11.1. The molecule has 0 aliphatic heterocycles. The summed E-state index contributed by atoms with van der Waals surface area (Å²) in [5.41, 5.74) is 5.91. The van der Waals surface area contributed by atoms with E-state index in [-0.39, 0.29) is 5.69 Å². The smallest absolute Gasteiger partial charge is 0.294 e. The highest BCUT2D eigenvalue weighted by molar-refractivity contribution is 6.30. The quantitative estimate of drug-likeness (QED) is 0.629. The van der Waals surface area contributed by atoms with E-state index in [2.05, 4.69) is 0 Å². The first kappa shape index (κ1) is 11.7. The monoisotopic (exact) mass is 229 g/mol. The molecule has 0 spiro atoms. The first-order valence-electron chi connectivity index (χ1n) is 4.41. The van der Waals surface area contributed by atoms with Crippen LogP contribution in [0.1, 0.15) is 0 Å². The second kappa shape index (κ2) is 4.95. The Labute approximate surface area is 92.6 Å². The molecule has 1 aromatic carbocycles. The van der Waals surface area contributed by atoms with E-state index in [1.807, 2.05) is 0 Å². The van der Waals surface area contributed by atoms with Crippen LogP contribution in [0.2, 0.25) is 5.02 Å². The molecular formula is C9H12ClN3O2. The molecule has 5 nitrogen and oxygen atoms in total. The lowest BCUT2D eigenvalue weighted by atomic mass is 10.2. The van der Waals surface area contributed by atoms with Gasteiger partial charge in [-0.25, -0.2) is 0 Å². The lowest BCUT2D eigenvalue weighted by molar-refractivity contribution is -0.384. The van der Waals surface area contributed by atoms with Gasteiger partial charge in [0.25, 0.3) is 5.69 Å². The molecule has 1 rings (SSSR count). The number of nitro benzene ring substituents is 1. The van der Waals surface area contributed by atoms with E-state index in [0.717, 1.165) is 0 Å². The van der Waals surface area contributed by atoms with Crippen molar-refractivity contribution in [2.45, 2.75) is 0 Å². The fraction of sp³-hybridized carbons (Fsp3) is 0.333. The van der Waals surface area contributed by atoms with E-state index in [1.54, 1.807) is 24.1 Å². The summed E-state index contributed by atoms with van der Waals surface area (Å²) in [6.45, 7) is 0.999. The van der Waals surface area contributed by atoms with E-state index in [1.165, 1.54) is 6.07 Å². The molecule has 0 atom stereocenters. The Kier molecular flexibility index (Phi) is 3.88. The summed E-state index contributed by atoms with van der Waals surface area (Å²) in [4.78, 5) is 12.1. The molecule has 1 aromatic rings. The SMILES string of the molecule is CN(CCN)c1ccc(Cl)cc1[N+](=O)[O-]. The molecule has 0 radical (unpaired) electrons. The van der Waals surface area contributed by atoms with Gasteiger partial charge in [0.2, 0.25) is 0 Å². The van der Waals surface area contributed by atoms with Gasteiger partial charge in [0.05, 0.1) is 4.92 Å². The van der Waals surface area contributed by atoms with Crippen LogP contribution < -0.4 is 10.6 Å². The molecule has 0 saturated heterocycles. The molecule has 0 aromatic heterocycles. The summed E-state index contributed by atoms with van der Waals surface area (Å²) in [6, 6.07) is 4.58. The van der Waals surface area contributed by atoms with Crippen LogP contribution in [0.5, 0.6) is 0 Å². The maximum atomic E-state index is 10.8. The summed E-state index contributed by atoms with van der Waals surface area (Å²) in [7, 11) is 1.75. The highest BCUT2D eigenvalue weighted by atomic mass is 35.5. The van der Waals surface area contributed by atoms with Gasteiger partial charge in [0, 0.05) is 31.2 Å². The average molecular weight is 230 g/mol. The number of nitro groups is 1. The Bertz CT molecular complexity index is 370. The topological polar surface area (TPSA) is 72.4 Å². The number of anilines is 1. The van der Waals surface area contributed by atoms with E-state index >= 15 is 0 Å². The lowest BCUT2D eigenvalue weighted by Gasteiger charge is -2.17.